The van der Waals surface area contributed by atoms with Crippen LogP contribution in [0, 0.1) is 0 Å². The van der Waals surface area contributed by atoms with Crippen molar-refractivity contribution in [3.8, 4) is 0 Å². The maximum absolute atomic E-state index is 5.93. The van der Waals surface area contributed by atoms with Crippen molar-refractivity contribution in [2.75, 3.05) is 12.3 Å². The molecule has 2 N–H and O–H groups in total. The fourth-order valence-electron chi connectivity index (χ4n) is 2.12. The third-order valence-corrected chi connectivity index (χ3v) is 5.42. The standard InChI is InChI=1S/C12H16BrNS/c13-11-5-2-1-4-10(11)8-12(9-14)6-3-7-15-12/h1-2,4-5H,3,6-9,14H2. The molecule has 1 saturated heterocycles. The number of nitrogens with two attached hydrogens (primary N) is 1. The molecule has 0 spiro atoms. The SMILES string of the molecule is NCC1(Cc2ccccc2Br)CCCS1. The zero-order valence-electron chi connectivity index (χ0n) is 8.71. The lowest BCUT2D eigenvalue weighted by molar-refractivity contribution is 0.564. The largest absolute Gasteiger partial charge is 0.329 e. The summed E-state index contributed by atoms with van der Waals surface area (Å²) in [5, 5.41) is 0. The van der Waals surface area contributed by atoms with Crippen LogP contribution < -0.4 is 5.73 Å². The highest BCUT2D eigenvalue weighted by atomic mass is 79.9. The first kappa shape index (κ1) is 11.5. The van der Waals surface area contributed by atoms with Gasteiger partial charge in [0.25, 0.3) is 0 Å². The molecule has 0 aromatic heterocycles. The van der Waals surface area contributed by atoms with E-state index in [1.807, 2.05) is 11.8 Å². The Bertz CT molecular complexity index is 334. The fourth-order valence-corrected chi connectivity index (χ4v) is 3.93. The second-order valence-corrected chi connectivity index (χ2v) is 6.52. The third-order valence-electron chi connectivity index (χ3n) is 3.03. The molecule has 0 saturated carbocycles. The molecular weight excluding hydrogens is 270 g/mol. The van der Waals surface area contributed by atoms with E-state index in [0.29, 0.717) is 4.75 Å². The molecule has 1 aliphatic heterocycles. The molecule has 2 rings (SSSR count). The molecule has 3 heteroatoms. The van der Waals surface area contributed by atoms with Crippen molar-refractivity contribution < 1.29 is 0 Å². The summed E-state index contributed by atoms with van der Waals surface area (Å²) < 4.78 is 1.51. The number of hydrogen-bond acceptors (Lipinski definition) is 2. The lowest BCUT2D eigenvalue weighted by atomic mass is 9.94. The lowest BCUT2D eigenvalue weighted by Gasteiger charge is -2.26. The van der Waals surface area contributed by atoms with Crippen LogP contribution in [0.2, 0.25) is 0 Å². The minimum atomic E-state index is 0.296. The van der Waals surface area contributed by atoms with Crippen LogP contribution in [0.3, 0.4) is 0 Å². The average molecular weight is 286 g/mol. The third kappa shape index (κ3) is 2.58. The van der Waals surface area contributed by atoms with Gasteiger partial charge in [0.05, 0.1) is 0 Å². The molecule has 0 amide bonds. The summed E-state index contributed by atoms with van der Waals surface area (Å²) in [4.78, 5) is 0. The summed E-state index contributed by atoms with van der Waals surface area (Å²) in [5.74, 6) is 1.27. The van der Waals surface area contributed by atoms with Crippen molar-refractivity contribution in [3.05, 3.63) is 34.3 Å². The van der Waals surface area contributed by atoms with E-state index in [9.17, 15) is 0 Å². The summed E-state index contributed by atoms with van der Waals surface area (Å²) in [6.45, 7) is 0.791. The first-order valence-corrected chi connectivity index (χ1v) is 7.11. The first-order valence-electron chi connectivity index (χ1n) is 5.33. The zero-order chi connectivity index (χ0) is 10.7. The van der Waals surface area contributed by atoms with E-state index in [-0.39, 0.29) is 0 Å². The Kier molecular flexibility index (Phi) is 3.75. The number of thioether (sulfide) groups is 1. The van der Waals surface area contributed by atoms with Gasteiger partial charge >= 0.3 is 0 Å². The molecule has 1 unspecified atom stereocenters. The van der Waals surface area contributed by atoms with Crippen LogP contribution in [-0.4, -0.2) is 17.0 Å². The maximum atomic E-state index is 5.93. The number of hydrogen-bond donors (Lipinski definition) is 1. The van der Waals surface area contributed by atoms with Gasteiger partial charge in [-0.2, -0.15) is 11.8 Å². The lowest BCUT2D eigenvalue weighted by Crippen LogP contribution is -2.34. The minimum Gasteiger partial charge on any atom is -0.329 e. The molecular formula is C12H16BrNS. The van der Waals surface area contributed by atoms with E-state index >= 15 is 0 Å². The normalized spacial score (nSPS) is 25.7. The smallest absolute Gasteiger partial charge is 0.0323 e. The zero-order valence-corrected chi connectivity index (χ0v) is 11.1. The van der Waals surface area contributed by atoms with Gasteiger partial charge < -0.3 is 5.73 Å². The van der Waals surface area contributed by atoms with Crippen molar-refractivity contribution in [2.24, 2.45) is 5.73 Å². The average Bonchev–Trinajstić information content (AvgIpc) is 2.71. The van der Waals surface area contributed by atoms with Gasteiger partial charge in [0.1, 0.15) is 0 Å². The molecule has 1 aromatic carbocycles. The van der Waals surface area contributed by atoms with Crippen LogP contribution in [0.15, 0.2) is 28.7 Å². The highest BCUT2D eigenvalue weighted by Crippen LogP contribution is 2.40. The van der Waals surface area contributed by atoms with Crippen molar-refractivity contribution in [1.29, 1.82) is 0 Å². The molecule has 1 aromatic rings. The van der Waals surface area contributed by atoms with E-state index in [4.69, 9.17) is 5.73 Å². The predicted octanol–water partition coefficient (Wildman–Crippen LogP) is 3.22. The van der Waals surface area contributed by atoms with Gasteiger partial charge in [-0.15, -0.1) is 0 Å². The molecule has 1 heterocycles. The summed E-state index contributed by atoms with van der Waals surface area (Å²) in [6.07, 6.45) is 3.66. The van der Waals surface area contributed by atoms with Crippen molar-refractivity contribution in [2.45, 2.75) is 24.0 Å². The summed E-state index contributed by atoms with van der Waals surface area (Å²) in [6, 6.07) is 8.47. The van der Waals surface area contributed by atoms with Crippen molar-refractivity contribution >= 4 is 27.7 Å². The van der Waals surface area contributed by atoms with Gasteiger partial charge in [-0.3, -0.25) is 0 Å². The highest BCUT2D eigenvalue weighted by Gasteiger charge is 2.33. The Morgan fingerprint density at radius 1 is 1.40 bits per heavy atom. The van der Waals surface area contributed by atoms with E-state index < -0.39 is 0 Å². The molecule has 1 aliphatic rings. The van der Waals surface area contributed by atoms with E-state index in [1.54, 1.807) is 0 Å². The molecule has 82 valence electrons. The number of halogens is 1. The second kappa shape index (κ2) is 4.89. The van der Waals surface area contributed by atoms with Gasteiger partial charge in [-0.1, -0.05) is 34.1 Å². The molecule has 1 atom stereocenters. The molecule has 15 heavy (non-hydrogen) atoms. The predicted molar refractivity (Wildman–Crippen MR) is 71.3 cm³/mol. The van der Waals surface area contributed by atoms with E-state index in [0.717, 1.165) is 13.0 Å². The van der Waals surface area contributed by atoms with Crippen LogP contribution in [0.1, 0.15) is 18.4 Å². The Balaban J connectivity index is 2.16. The quantitative estimate of drug-likeness (QED) is 0.923. The fraction of sp³-hybridized carbons (Fsp3) is 0.500. The summed E-state index contributed by atoms with van der Waals surface area (Å²) >= 11 is 5.65. The van der Waals surface area contributed by atoms with Crippen LogP contribution in [0.5, 0.6) is 0 Å². The summed E-state index contributed by atoms with van der Waals surface area (Å²) in [5.41, 5.74) is 7.32. The van der Waals surface area contributed by atoms with Gasteiger partial charge in [0.15, 0.2) is 0 Å². The molecule has 0 aliphatic carbocycles. The summed E-state index contributed by atoms with van der Waals surface area (Å²) in [7, 11) is 0. The second-order valence-electron chi connectivity index (χ2n) is 4.11. The van der Waals surface area contributed by atoms with Gasteiger partial charge in [-0.25, -0.2) is 0 Å². The van der Waals surface area contributed by atoms with Gasteiger partial charge in [-0.05, 0) is 36.6 Å². The first-order chi connectivity index (χ1) is 7.26. The molecule has 1 fully saturated rings. The molecule has 1 nitrogen and oxygen atoms in total. The Morgan fingerprint density at radius 2 is 2.20 bits per heavy atom. The van der Waals surface area contributed by atoms with Gasteiger partial charge in [0.2, 0.25) is 0 Å². The van der Waals surface area contributed by atoms with Gasteiger partial charge in [0, 0.05) is 15.8 Å². The van der Waals surface area contributed by atoms with Crippen molar-refractivity contribution in [1.82, 2.24) is 0 Å². The van der Waals surface area contributed by atoms with Crippen molar-refractivity contribution in [3.63, 3.8) is 0 Å². The minimum absolute atomic E-state index is 0.296. The van der Waals surface area contributed by atoms with E-state index in [1.165, 1.54) is 28.6 Å². The van der Waals surface area contributed by atoms with Crippen LogP contribution in [-0.2, 0) is 6.42 Å². The van der Waals surface area contributed by atoms with Crippen LogP contribution >= 0.6 is 27.7 Å². The number of rotatable bonds is 3. The van der Waals surface area contributed by atoms with E-state index in [2.05, 4.69) is 40.2 Å². The van der Waals surface area contributed by atoms with Crippen LogP contribution in [0.4, 0.5) is 0 Å². The monoisotopic (exact) mass is 285 g/mol. The number of benzene rings is 1. The Hall–Kier alpha value is 0.01000. The maximum Gasteiger partial charge on any atom is 0.0323 e. The molecule has 0 radical (unpaired) electrons. The van der Waals surface area contributed by atoms with Crippen LogP contribution in [0.25, 0.3) is 0 Å². The topological polar surface area (TPSA) is 26.0 Å². The highest BCUT2D eigenvalue weighted by molar-refractivity contribution is 9.10. The molecule has 0 bridgehead atoms. The Labute approximate surface area is 104 Å². The Morgan fingerprint density at radius 3 is 2.80 bits per heavy atom.